The van der Waals surface area contributed by atoms with E-state index >= 15 is 0 Å². The monoisotopic (exact) mass is 154 g/mol. The van der Waals surface area contributed by atoms with Gasteiger partial charge in [-0.15, -0.1) is 0 Å². The van der Waals surface area contributed by atoms with Crippen molar-refractivity contribution in [2.45, 2.75) is 13.0 Å². The molecular formula is C3H10O3SSi. The maximum absolute atomic E-state index is 9.98. The Hall–Kier alpha value is 0.127. The summed E-state index contributed by atoms with van der Waals surface area (Å²) in [4.78, 5) is 0. The van der Waals surface area contributed by atoms with E-state index in [0.29, 0.717) is 0 Å². The van der Waals surface area contributed by atoms with Crippen LogP contribution in [-0.4, -0.2) is 27.9 Å². The standard InChI is InChI=1S/C3H10O3SSi/c1-2-8-3-7(4,5)6/h2-3,8H2,1H3,(H,4,5,6). The summed E-state index contributed by atoms with van der Waals surface area (Å²) in [5, 5.41) is 0.0312. The van der Waals surface area contributed by atoms with Crippen molar-refractivity contribution < 1.29 is 13.0 Å². The molecule has 0 atom stereocenters. The van der Waals surface area contributed by atoms with E-state index in [0.717, 1.165) is 6.04 Å². The average Bonchev–Trinajstić information content (AvgIpc) is 1.59. The Bertz CT molecular complexity index is 139. The summed E-state index contributed by atoms with van der Waals surface area (Å²) in [6, 6.07) is 0.930. The molecule has 0 saturated heterocycles. The van der Waals surface area contributed by atoms with Gasteiger partial charge in [-0.3, -0.25) is 4.55 Å². The van der Waals surface area contributed by atoms with Crippen molar-refractivity contribution in [1.29, 1.82) is 0 Å². The molecule has 0 aromatic heterocycles. The Balaban J connectivity index is 3.42. The minimum atomic E-state index is -3.62. The molecule has 0 unspecified atom stereocenters. The van der Waals surface area contributed by atoms with Crippen LogP contribution in [0.5, 0.6) is 0 Å². The number of hydrogen-bond donors (Lipinski definition) is 1. The van der Waals surface area contributed by atoms with E-state index in [2.05, 4.69) is 0 Å². The van der Waals surface area contributed by atoms with Crippen LogP contribution < -0.4 is 0 Å². The molecule has 0 amide bonds. The second-order valence-corrected chi connectivity index (χ2v) is 6.14. The van der Waals surface area contributed by atoms with Gasteiger partial charge < -0.3 is 0 Å². The van der Waals surface area contributed by atoms with Gasteiger partial charge in [-0.2, -0.15) is 8.42 Å². The van der Waals surface area contributed by atoms with E-state index in [1.807, 2.05) is 6.92 Å². The van der Waals surface area contributed by atoms with E-state index < -0.39 is 19.6 Å². The van der Waals surface area contributed by atoms with E-state index in [9.17, 15) is 8.42 Å². The van der Waals surface area contributed by atoms with Gasteiger partial charge in [-0.25, -0.2) is 0 Å². The SMILES string of the molecule is CC[SiH2]CS(=O)(=O)O. The number of rotatable bonds is 3. The molecule has 0 aromatic rings. The van der Waals surface area contributed by atoms with Gasteiger partial charge in [-0.05, 0) is 0 Å². The molecule has 0 aromatic carbocycles. The summed E-state index contributed by atoms with van der Waals surface area (Å²) >= 11 is 0. The molecule has 0 aliphatic heterocycles. The molecule has 0 aliphatic carbocycles. The van der Waals surface area contributed by atoms with Gasteiger partial charge in [0.25, 0.3) is 10.1 Å². The highest BCUT2D eigenvalue weighted by Crippen LogP contribution is 1.81. The first-order valence-corrected chi connectivity index (χ1v) is 6.12. The molecule has 0 heterocycles. The van der Waals surface area contributed by atoms with Crippen LogP contribution in [0.1, 0.15) is 6.92 Å². The van der Waals surface area contributed by atoms with Crippen molar-refractivity contribution in [2.75, 3.05) is 5.38 Å². The minimum absolute atomic E-state index is 0.0312. The highest BCUT2D eigenvalue weighted by molar-refractivity contribution is 7.87. The quantitative estimate of drug-likeness (QED) is 0.438. The third-order valence-electron chi connectivity index (χ3n) is 0.756. The molecule has 8 heavy (non-hydrogen) atoms. The molecule has 50 valence electrons. The maximum atomic E-state index is 9.98. The van der Waals surface area contributed by atoms with Crippen molar-refractivity contribution in [3.05, 3.63) is 0 Å². The normalized spacial score (nSPS) is 13.2. The summed E-state index contributed by atoms with van der Waals surface area (Å²) < 4.78 is 28.1. The van der Waals surface area contributed by atoms with Crippen LogP contribution >= 0.6 is 0 Å². The molecule has 3 nitrogen and oxygen atoms in total. The highest BCUT2D eigenvalue weighted by Gasteiger charge is 2.00. The maximum Gasteiger partial charge on any atom is 0.261 e. The summed E-state index contributed by atoms with van der Waals surface area (Å²) in [6.07, 6.45) is 0. The van der Waals surface area contributed by atoms with E-state index in [1.54, 1.807) is 0 Å². The zero-order valence-electron chi connectivity index (χ0n) is 4.79. The second-order valence-electron chi connectivity index (χ2n) is 1.64. The summed E-state index contributed by atoms with van der Waals surface area (Å²) in [6.45, 7) is 1.93. The van der Waals surface area contributed by atoms with Crippen molar-refractivity contribution >= 4 is 19.6 Å². The molecule has 5 heteroatoms. The summed E-state index contributed by atoms with van der Waals surface area (Å²) in [5.74, 6) is 0. The van der Waals surface area contributed by atoms with Crippen LogP contribution in [0.2, 0.25) is 6.04 Å². The molecule has 0 radical (unpaired) electrons. The fourth-order valence-corrected chi connectivity index (χ4v) is 2.94. The van der Waals surface area contributed by atoms with E-state index in [-0.39, 0.29) is 5.38 Å². The van der Waals surface area contributed by atoms with Crippen LogP contribution in [0.3, 0.4) is 0 Å². The lowest BCUT2D eigenvalue weighted by molar-refractivity contribution is 0.488. The molecule has 0 saturated carbocycles. The van der Waals surface area contributed by atoms with Crippen LogP contribution in [0, 0.1) is 0 Å². The molecule has 0 bridgehead atoms. The zero-order valence-corrected chi connectivity index (χ0v) is 7.02. The Labute approximate surface area is 51.7 Å². The fraction of sp³-hybridized carbons (Fsp3) is 1.00. The molecule has 0 rings (SSSR count). The van der Waals surface area contributed by atoms with Crippen LogP contribution in [0.15, 0.2) is 0 Å². The second kappa shape index (κ2) is 3.21. The van der Waals surface area contributed by atoms with Crippen LogP contribution in [-0.2, 0) is 10.1 Å². The number of hydrogen-bond acceptors (Lipinski definition) is 2. The molecule has 0 fully saturated rings. The van der Waals surface area contributed by atoms with Crippen molar-refractivity contribution in [3.63, 3.8) is 0 Å². The Morgan fingerprint density at radius 3 is 2.25 bits per heavy atom. The average molecular weight is 154 g/mol. The fourth-order valence-electron chi connectivity index (χ4n) is 0.327. The van der Waals surface area contributed by atoms with E-state index in [4.69, 9.17) is 4.55 Å². The first-order valence-electron chi connectivity index (χ1n) is 2.51. The van der Waals surface area contributed by atoms with Gasteiger partial charge in [0.15, 0.2) is 0 Å². The Kier molecular flexibility index (Phi) is 3.26. The Morgan fingerprint density at radius 1 is 1.62 bits per heavy atom. The Morgan fingerprint density at radius 2 is 2.12 bits per heavy atom. The lowest BCUT2D eigenvalue weighted by atomic mass is 11.0. The zero-order chi connectivity index (χ0) is 6.62. The summed E-state index contributed by atoms with van der Waals surface area (Å²) in [7, 11) is -4.14. The van der Waals surface area contributed by atoms with Crippen molar-refractivity contribution in [2.24, 2.45) is 0 Å². The smallest absolute Gasteiger partial charge is 0.261 e. The third-order valence-corrected chi connectivity index (χ3v) is 4.68. The molecule has 0 aliphatic rings. The highest BCUT2D eigenvalue weighted by atomic mass is 32.2. The molecular weight excluding hydrogens is 144 g/mol. The van der Waals surface area contributed by atoms with Crippen LogP contribution in [0.4, 0.5) is 0 Å². The molecule has 1 N–H and O–H groups in total. The molecule has 0 spiro atoms. The van der Waals surface area contributed by atoms with Gasteiger partial charge in [-0.1, -0.05) is 13.0 Å². The van der Waals surface area contributed by atoms with Gasteiger partial charge >= 0.3 is 0 Å². The first kappa shape index (κ1) is 8.13. The lowest BCUT2D eigenvalue weighted by Crippen LogP contribution is -2.09. The predicted octanol–water partition coefficient (Wildman–Crippen LogP) is -0.561. The van der Waals surface area contributed by atoms with Crippen molar-refractivity contribution in [1.82, 2.24) is 0 Å². The summed E-state index contributed by atoms with van der Waals surface area (Å²) in [5.41, 5.74) is 0. The van der Waals surface area contributed by atoms with Gasteiger partial charge in [0.1, 0.15) is 0 Å². The minimum Gasteiger partial charge on any atom is -0.286 e. The van der Waals surface area contributed by atoms with Gasteiger partial charge in [0.2, 0.25) is 0 Å². The lowest BCUT2D eigenvalue weighted by Gasteiger charge is -1.89. The largest absolute Gasteiger partial charge is 0.286 e. The van der Waals surface area contributed by atoms with Crippen molar-refractivity contribution in [3.8, 4) is 0 Å². The van der Waals surface area contributed by atoms with E-state index in [1.165, 1.54) is 0 Å². The topological polar surface area (TPSA) is 54.4 Å². The van der Waals surface area contributed by atoms with Gasteiger partial charge in [0.05, 0.1) is 5.38 Å². The van der Waals surface area contributed by atoms with Crippen LogP contribution in [0.25, 0.3) is 0 Å². The first-order chi connectivity index (χ1) is 3.56. The third kappa shape index (κ3) is 6.13. The van der Waals surface area contributed by atoms with Gasteiger partial charge in [0, 0.05) is 9.52 Å². The predicted molar refractivity (Wildman–Crippen MR) is 35.4 cm³/mol.